The number of aromatic hydroxyl groups is 3. The van der Waals surface area contributed by atoms with E-state index in [1.807, 2.05) is 12.1 Å². The Labute approximate surface area is 382 Å². The van der Waals surface area contributed by atoms with Gasteiger partial charge in [-0.15, -0.1) is 0 Å². The van der Waals surface area contributed by atoms with Gasteiger partial charge in [-0.05, 0) is 39.0 Å². The largest absolute Gasteiger partial charge is 0.507 e. The Kier molecular flexibility index (Phi) is 14.3. The fourth-order valence-corrected chi connectivity index (χ4v) is 8.58. The van der Waals surface area contributed by atoms with Crippen LogP contribution in [0.15, 0.2) is 65.5 Å². The van der Waals surface area contributed by atoms with Crippen molar-refractivity contribution in [2.45, 2.75) is 92.5 Å². The summed E-state index contributed by atoms with van der Waals surface area (Å²) in [5, 5.41) is 66.0. The molecule has 17 heteroatoms. The average molecular weight is 911 g/mol. The number of hydrogen-bond donors (Lipinski definition) is 7. The molecule has 9 atom stereocenters. The van der Waals surface area contributed by atoms with E-state index in [2.05, 4.69) is 20.8 Å². The number of nitrogens with zero attached hydrogens (tertiary/aromatic N) is 2. The highest BCUT2D eigenvalue weighted by Crippen LogP contribution is 2.55. The van der Waals surface area contributed by atoms with Crippen LogP contribution in [0.5, 0.6) is 28.7 Å². The van der Waals surface area contributed by atoms with E-state index in [1.54, 1.807) is 66.0 Å². The monoisotopic (exact) mass is 910 g/mol. The van der Waals surface area contributed by atoms with E-state index in [9.17, 15) is 39.9 Å². The molecule has 1 amide bonds. The van der Waals surface area contributed by atoms with E-state index in [0.717, 1.165) is 11.6 Å². The summed E-state index contributed by atoms with van der Waals surface area (Å²) < 4.78 is 29.1. The zero-order valence-corrected chi connectivity index (χ0v) is 38.8. The Bertz CT molecular complexity index is 2690. The molecule has 0 aliphatic carbocycles. The van der Waals surface area contributed by atoms with Crippen LogP contribution >= 0.6 is 0 Å². The van der Waals surface area contributed by atoms with E-state index in [0.29, 0.717) is 22.6 Å². The SMILES string of the molecule is COc1cccc2cc(N/N=C/c3c4c(O)c5c(O)c(C)c6c(c5c3O)C(=O)[C@@](C)(O/C=C/[C@H](OC)[C@@H](C)[C@@H](OC(C)=O)[C@H](C)[C@H](O)[C@H](C)[C@@H](O)[C@@H](C)/C=C/C=C(/C)C(=O)N4)O6)c(C)nc12. The van der Waals surface area contributed by atoms with Crippen molar-refractivity contribution >= 4 is 56.9 Å². The van der Waals surface area contributed by atoms with Crippen molar-refractivity contribution in [3.63, 3.8) is 0 Å². The van der Waals surface area contributed by atoms with Crippen LogP contribution in [0.3, 0.4) is 0 Å². The number of aliphatic hydroxyl groups is 2. The number of fused-ring (bicyclic) bond motifs is 15. The van der Waals surface area contributed by atoms with E-state index < -0.39 is 88.8 Å². The fourth-order valence-electron chi connectivity index (χ4n) is 8.58. The molecule has 17 nitrogen and oxygen atoms in total. The van der Waals surface area contributed by atoms with Crippen LogP contribution in [0.1, 0.15) is 75.6 Å². The maximum Gasteiger partial charge on any atom is 0.312 e. The minimum absolute atomic E-state index is 0.0190. The van der Waals surface area contributed by atoms with Gasteiger partial charge in [-0.25, -0.2) is 4.98 Å². The number of nitrogens with one attached hydrogen (secondary N) is 2. The number of methoxy groups -OCH3 is 2. The number of phenols is 3. The molecule has 4 aromatic rings. The number of anilines is 2. The summed E-state index contributed by atoms with van der Waals surface area (Å²) in [6.45, 7) is 14.2. The molecule has 0 unspecified atom stereocenters. The number of pyridine rings is 1. The number of benzene rings is 3. The van der Waals surface area contributed by atoms with Gasteiger partial charge in [-0.3, -0.25) is 19.8 Å². The van der Waals surface area contributed by atoms with Crippen molar-refractivity contribution in [1.29, 1.82) is 0 Å². The van der Waals surface area contributed by atoms with Gasteiger partial charge in [0.1, 0.15) is 34.6 Å². The minimum Gasteiger partial charge on any atom is -0.507 e. The molecule has 7 N–H and O–H groups in total. The van der Waals surface area contributed by atoms with E-state index in [1.165, 1.54) is 53.2 Å². The Balaban J connectivity index is 1.52. The molecule has 3 aromatic carbocycles. The first-order valence-electron chi connectivity index (χ1n) is 21.5. The topological polar surface area (TPSA) is 248 Å². The van der Waals surface area contributed by atoms with Crippen LogP contribution in [-0.4, -0.2) is 98.8 Å². The predicted molar refractivity (Wildman–Crippen MR) is 248 cm³/mol. The molecule has 1 aromatic heterocycles. The maximum absolute atomic E-state index is 14.6. The minimum atomic E-state index is -2.09. The van der Waals surface area contributed by atoms with Crippen LogP contribution in [-0.2, 0) is 23.8 Å². The van der Waals surface area contributed by atoms with Gasteiger partial charge in [0, 0.05) is 66.5 Å². The zero-order chi connectivity index (χ0) is 48.5. The standard InChI is InChI=1S/C49H58N4O13/c1-22-14-12-15-23(2)48(61)52-39-31(21-50-53-32-20-30-16-13-17-34(63-11)38(30)51-28(32)7)43(58)35-36(44(39)59)42(57)27(6)46-37(35)47(60)49(9,66-46)64-19-18-33(62-10)24(3)45(65-29(8)54)26(5)41(56)25(4)40(22)55/h12-22,24-26,33,40-41,45,53,55-59H,1-11H3,(H,52,61)/b14-12+,19-18+,23-15-,50-21+/t22-,24+,25+,26+,33-,40-,41+,45+,49-/m0/s1. The molecule has 352 valence electrons. The number of para-hydroxylation sites is 1. The number of allylic oxidation sites excluding steroid dienone is 2. The quantitative estimate of drug-likeness (QED) is 0.0336. The number of carbonyl (C=O) groups excluding carboxylic acids is 3. The molecule has 5 bridgehead atoms. The summed E-state index contributed by atoms with van der Waals surface area (Å²) in [6, 6.07) is 7.23. The summed E-state index contributed by atoms with van der Waals surface area (Å²) in [5.41, 5.74) is 3.86. The molecule has 66 heavy (non-hydrogen) atoms. The number of rotatable bonds is 6. The highest BCUT2D eigenvalue weighted by Gasteiger charge is 2.50. The van der Waals surface area contributed by atoms with Gasteiger partial charge in [0.05, 0.1) is 71.5 Å². The lowest BCUT2D eigenvalue weighted by Gasteiger charge is -2.38. The van der Waals surface area contributed by atoms with Crippen LogP contribution in [0.25, 0.3) is 21.7 Å². The third kappa shape index (κ3) is 9.10. The number of ketones is 1. The number of amides is 1. The predicted octanol–water partition coefficient (Wildman–Crippen LogP) is 7.07. The van der Waals surface area contributed by atoms with Gasteiger partial charge in [0.15, 0.2) is 5.75 Å². The Morgan fingerprint density at radius 1 is 0.955 bits per heavy atom. The summed E-state index contributed by atoms with van der Waals surface area (Å²) in [6.07, 6.45) is 4.51. The first-order valence-corrected chi connectivity index (χ1v) is 21.5. The maximum atomic E-state index is 14.6. The van der Waals surface area contributed by atoms with Gasteiger partial charge in [-0.1, -0.05) is 58.1 Å². The molecule has 3 aliphatic rings. The molecule has 0 saturated carbocycles. The number of carbonyl (C=O) groups is 3. The highest BCUT2D eigenvalue weighted by molar-refractivity contribution is 6.24. The summed E-state index contributed by atoms with van der Waals surface area (Å²) in [5.74, 6) is -8.27. The van der Waals surface area contributed by atoms with Crippen molar-refractivity contribution in [2.24, 2.45) is 28.8 Å². The van der Waals surface area contributed by atoms with Gasteiger partial charge in [-0.2, -0.15) is 5.10 Å². The highest BCUT2D eigenvalue weighted by atomic mass is 16.7. The molecule has 7 rings (SSSR count). The van der Waals surface area contributed by atoms with E-state index in [-0.39, 0.29) is 44.5 Å². The number of phenolic OH excluding ortho intramolecular Hbond substituents is 3. The number of ether oxygens (including phenoxy) is 5. The van der Waals surface area contributed by atoms with Gasteiger partial charge < -0.3 is 54.5 Å². The van der Waals surface area contributed by atoms with Crippen LogP contribution in [0.4, 0.5) is 11.4 Å². The number of aromatic nitrogens is 1. The average Bonchev–Trinajstić information content (AvgIpc) is 3.55. The second-order valence-electron chi connectivity index (χ2n) is 17.1. The third-order valence-corrected chi connectivity index (χ3v) is 12.6. The smallest absolute Gasteiger partial charge is 0.312 e. The van der Waals surface area contributed by atoms with Crippen LogP contribution in [0, 0.1) is 37.5 Å². The normalized spacial score (nSPS) is 28.1. The molecule has 0 spiro atoms. The zero-order valence-electron chi connectivity index (χ0n) is 38.8. The molecule has 3 aliphatic heterocycles. The lowest BCUT2D eigenvalue weighted by molar-refractivity contribution is -0.160. The van der Waals surface area contributed by atoms with Gasteiger partial charge in [0.2, 0.25) is 0 Å². The third-order valence-electron chi connectivity index (χ3n) is 12.6. The van der Waals surface area contributed by atoms with Crippen molar-refractivity contribution in [3.05, 3.63) is 82.8 Å². The lowest BCUT2D eigenvalue weighted by Crippen LogP contribution is -2.46. The number of hydrogen-bond acceptors (Lipinski definition) is 16. The molecular weight excluding hydrogens is 853 g/mol. The Morgan fingerprint density at radius 3 is 2.33 bits per heavy atom. The molecule has 4 heterocycles. The van der Waals surface area contributed by atoms with Crippen LogP contribution < -0.4 is 20.2 Å². The van der Waals surface area contributed by atoms with Crippen molar-refractivity contribution < 1.29 is 63.6 Å². The van der Waals surface area contributed by atoms with Crippen molar-refractivity contribution in [3.8, 4) is 28.7 Å². The summed E-state index contributed by atoms with van der Waals surface area (Å²) in [7, 11) is 2.97. The molecule has 0 saturated heterocycles. The van der Waals surface area contributed by atoms with Gasteiger partial charge in [0.25, 0.3) is 11.7 Å². The second kappa shape index (κ2) is 19.4. The first kappa shape index (κ1) is 48.8. The Morgan fingerprint density at radius 2 is 1.67 bits per heavy atom. The first-order chi connectivity index (χ1) is 31.2. The van der Waals surface area contributed by atoms with E-state index in [4.69, 9.17) is 23.7 Å². The lowest BCUT2D eigenvalue weighted by atomic mass is 9.78. The van der Waals surface area contributed by atoms with Gasteiger partial charge >= 0.3 is 11.8 Å². The van der Waals surface area contributed by atoms with Crippen molar-refractivity contribution in [1.82, 2.24) is 4.98 Å². The number of hydrazone groups is 1. The Hall–Kier alpha value is -6.69. The molecule has 0 fully saturated rings. The van der Waals surface area contributed by atoms with Crippen molar-refractivity contribution in [2.75, 3.05) is 25.0 Å². The van der Waals surface area contributed by atoms with Crippen LogP contribution in [0.2, 0.25) is 0 Å². The number of esters is 1. The number of aryl methyl sites for hydroxylation is 1. The number of aliphatic hydroxyl groups excluding tert-OH is 2. The van der Waals surface area contributed by atoms with E-state index >= 15 is 0 Å². The second-order valence-corrected chi connectivity index (χ2v) is 17.1. The summed E-state index contributed by atoms with van der Waals surface area (Å²) >= 11 is 0. The molecule has 0 radical (unpaired) electrons. The fraction of sp³-hybridized carbons (Fsp3) is 0.408. The number of Topliss-reactive ketones (excluding diaryl/α,β-unsaturated/α-hetero) is 1. The summed E-state index contributed by atoms with van der Waals surface area (Å²) in [4.78, 5) is 45.5. The molecular formula is C49H58N4O13.